The second kappa shape index (κ2) is 9.49. The van der Waals surface area contributed by atoms with Gasteiger partial charge < -0.3 is 5.32 Å². The third kappa shape index (κ3) is 5.53. The zero-order chi connectivity index (χ0) is 20.7. The molecule has 150 valence electrons. The molecule has 0 aliphatic heterocycles. The van der Waals surface area contributed by atoms with Crippen molar-refractivity contribution in [1.29, 1.82) is 0 Å². The van der Waals surface area contributed by atoms with Crippen LogP contribution in [0.3, 0.4) is 0 Å². The van der Waals surface area contributed by atoms with Crippen molar-refractivity contribution >= 4 is 21.6 Å². The Balaban J connectivity index is 1.74. The van der Waals surface area contributed by atoms with Crippen molar-refractivity contribution in [3.8, 4) is 0 Å². The summed E-state index contributed by atoms with van der Waals surface area (Å²) in [5, 5.41) is 2.87. The summed E-state index contributed by atoms with van der Waals surface area (Å²) in [5.41, 5.74) is 2.70. The van der Waals surface area contributed by atoms with Gasteiger partial charge in [0.05, 0.1) is 4.90 Å². The Hall–Kier alpha value is -2.96. The molecular formula is C23H24N2O3S. The molecular weight excluding hydrogens is 384 g/mol. The van der Waals surface area contributed by atoms with E-state index in [0.29, 0.717) is 12.2 Å². The Morgan fingerprint density at radius 3 is 1.83 bits per heavy atom. The lowest BCUT2D eigenvalue weighted by Crippen LogP contribution is -2.23. The van der Waals surface area contributed by atoms with Crippen LogP contribution in [0.4, 0.5) is 5.69 Å². The molecule has 0 atom stereocenters. The molecule has 1 amide bonds. The Kier molecular flexibility index (Phi) is 6.80. The maximum atomic E-state index is 12.7. The first-order chi connectivity index (χ1) is 14.0. The SMILES string of the molecule is CCNS(=O)(=O)c1ccc(NC(=O)CC(c2ccccc2)c2ccccc2)cc1. The molecule has 0 aliphatic carbocycles. The Morgan fingerprint density at radius 2 is 1.34 bits per heavy atom. The van der Waals surface area contributed by atoms with Gasteiger partial charge in [-0.15, -0.1) is 0 Å². The summed E-state index contributed by atoms with van der Waals surface area (Å²) in [6.45, 7) is 2.04. The lowest BCUT2D eigenvalue weighted by Gasteiger charge is -2.18. The van der Waals surface area contributed by atoms with Gasteiger partial charge in [-0.25, -0.2) is 13.1 Å². The highest BCUT2D eigenvalue weighted by Crippen LogP contribution is 2.28. The number of sulfonamides is 1. The Labute approximate surface area is 171 Å². The number of rotatable bonds is 8. The highest BCUT2D eigenvalue weighted by molar-refractivity contribution is 7.89. The zero-order valence-electron chi connectivity index (χ0n) is 16.2. The lowest BCUT2D eigenvalue weighted by atomic mass is 9.88. The molecule has 0 saturated heterocycles. The second-order valence-corrected chi connectivity index (χ2v) is 8.42. The molecule has 0 saturated carbocycles. The van der Waals surface area contributed by atoms with E-state index in [-0.39, 0.29) is 23.1 Å². The molecule has 0 radical (unpaired) electrons. The monoisotopic (exact) mass is 408 g/mol. The molecule has 0 fully saturated rings. The van der Waals surface area contributed by atoms with Gasteiger partial charge in [-0.3, -0.25) is 4.79 Å². The van der Waals surface area contributed by atoms with Gasteiger partial charge in [0.1, 0.15) is 0 Å². The van der Waals surface area contributed by atoms with Gasteiger partial charge in [0, 0.05) is 24.6 Å². The van der Waals surface area contributed by atoms with Gasteiger partial charge >= 0.3 is 0 Å². The zero-order valence-corrected chi connectivity index (χ0v) is 17.0. The van der Waals surface area contributed by atoms with Crippen LogP contribution in [0.15, 0.2) is 89.8 Å². The van der Waals surface area contributed by atoms with Gasteiger partial charge in [-0.05, 0) is 35.4 Å². The summed E-state index contributed by atoms with van der Waals surface area (Å²) in [6.07, 6.45) is 0.283. The number of anilines is 1. The highest BCUT2D eigenvalue weighted by Gasteiger charge is 2.18. The van der Waals surface area contributed by atoms with Gasteiger partial charge in [0.2, 0.25) is 15.9 Å². The van der Waals surface area contributed by atoms with Crippen LogP contribution in [0.5, 0.6) is 0 Å². The van der Waals surface area contributed by atoms with E-state index in [1.165, 1.54) is 12.1 Å². The van der Waals surface area contributed by atoms with Gasteiger partial charge in [0.25, 0.3) is 0 Å². The molecule has 29 heavy (non-hydrogen) atoms. The Bertz CT molecular complexity index is 995. The summed E-state index contributed by atoms with van der Waals surface area (Å²) in [7, 11) is -3.51. The van der Waals surface area contributed by atoms with E-state index in [9.17, 15) is 13.2 Å². The van der Waals surface area contributed by atoms with E-state index in [2.05, 4.69) is 10.0 Å². The predicted octanol–water partition coefficient (Wildman–Crippen LogP) is 4.15. The van der Waals surface area contributed by atoms with Crippen molar-refractivity contribution < 1.29 is 13.2 Å². The molecule has 3 aromatic carbocycles. The normalized spacial score (nSPS) is 11.4. The number of hydrogen-bond donors (Lipinski definition) is 2. The van der Waals surface area contributed by atoms with Crippen molar-refractivity contribution in [2.75, 3.05) is 11.9 Å². The molecule has 0 heterocycles. The van der Waals surface area contributed by atoms with Crippen LogP contribution in [0.25, 0.3) is 0 Å². The quantitative estimate of drug-likeness (QED) is 0.588. The van der Waals surface area contributed by atoms with Crippen LogP contribution >= 0.6 is 0 Å². The average molecular weight is 409 g/mol. The first-order valence-electron chi connectivity index (χ1n) is 9.49. The summed E-state index contributed by atoms with van der Waals surface area (Å²) in [4.78, 5) is 12.9. The second-order valence-electron chi connectivity index (χ2n) is 6.65. The Morgan fingerprint density at radius 1 is 0.828 bits per heavy atom. The summed E-state index contributed by atoms with van der Waals surface area (Å²) in [6, 6.07) is 26.0. The molecule has 0 bridgehead atoms. The largest absolute Gasteiger partial charge is 0.326 e. The van der Waals surface area contributed by atoms with Crippen molar-refractivity contribution in [3.05, 3.63) is 96.1 Å². The third-order valence-electron chi connectivity index (χ3n) is 4.58. The van der Waals surface area contributed by atoms with E-state index in [4.69, 9.17) is 0 Å². The molecule has 0 aliphatic rings. The number of benzene rings is 3. The maximum Gasteiger partial charge on any atom is 0.240 e. The summed E-state index contributed by atoms with van der Waals surface area (Å²) >= 11 is 0. The van der Waals surface area contributed by atoms with Gasteiger partial charge in [0.15, 0.2) is 0 Å². The minimum absolute atomic E-state index is 0.0641. The van der Waals surface area contributed by atoms with Crippen LogP contribution in [-0.4, -0.2) is 20.9 Å². The van der Waals surface area contributed by atoms with E-state index in [1.807, 2.05) is 60.7 Å². The summed E-state index contributed by atoms with van der Waals surface area (Å²) in [5.74, 6) is -0.198. The number of hydrogen-bond acceptors (Lipinski definition) is 3. The maximum absolute atomic E-state index is 12.7. The highest BCUT2D eigenvalue weighted by atomic mass is 32.2. The molecule has 0 spiro atoms. The minimum atomic E-state index is -3.51. The topological polar surface area (TPSA) is 75.3 Å². The lowest BCUT2D eigenvalue weighted by molar-refractivity contribution is -0.116. The smallest absolute Gasteiger partial charge is 0.240 e. The molecule has 0 unspecified atom stereocenters. The van der Waals surface area contributed by atoms with E-state index < -0.39 is 10.0 Å². The standard InChI is InChI=1S/C23H24N2O3S/c1-2-24-29(27,28)21-15-13-20(14-16-21)25-23(26)17-22(18-9-5-3-6-10-18)19-11-7-4-8-12-19/h3-16,22,24H,2,17H2,1H3,(H,25,26). The van der Waals surface area contributed by atoms with Crippen molar-refractivity contribution in [1.82, 2.24) is 4.72 Å². The first-order valence-corrected chi connectivity index (χ1v) is 11.0. The molecule has 3 rings (SSSR count). The van der Waals surface area contributed by atoms with E-state index >= 15 is 0 Å². The van der Waals surface area contributed by atoms with E-state index in [0.717, 1.165) is 11.1 Å². The minimum Gasteiger partial charge on any atom is -0.326 e. The van der Waals surface area contributed by atoms with Crippen molar-refractivity contribution in [3.63, 3.8) is 0 Å². The molecule has 2 N–H and O–H groups in total. The number of amides is 1. The van der Waals surface area contributed by atoms with Crippen molar-refractivity contribution in [2.45, 2.75) is 24.2 Å². The number of nitrogens with one attached hydrogen (secondary N) is 2. The van der Waals surface area contributed by atoms with Crippen LogP contribution in [0.2, 0.25) is 0 Å². The third-order valence-corrected chi connectivity index (χ3v) is 6.14. The fourth-order valence-electron chi connectivity index (χ4n) is 3.19. The van der Waals surface area contributed by atoms with E-state index in [1.54, 1.807) is 19.1 Å². The van der Waals surface area contributed by atoms with Gasteiger partial charge in [-0.1, -0.05) is 67.6 Å². The molecule has 6 heteroatoms. The van der Waals surface area contributed by atoms with Gasteiger partial charge in [-0.2, -0.15) is 0 Å². The first kappa shape index (κ1) is 20.8. The fourth-order valence-corrected chi connectivity index (χ4v) is 4.23. The van der Waals surface area contributed by atoms with Crippen molar-refractivity contribution in [2.24, 2.45) is 0 Å². The predicted molar refractivity (Wildman–Crippen MR) is 115 cm³/mol. The number of carbonyl (C=O) groups excluding carboxylic acids is 1. The fraction of sp³-hybridized carbons (Fsp3) is 0.174. The summed E-state index contributed by atoms with van der Waals surface area (Å²) < 4.78 is 26.5. The number of carbonyl (C=O) groups is 1. The molecule has 5 nitrogen and oxygen atoms in total. The molecule has 3 aromatic rings. The molecule has 0 aromatic heterocycles. The van der Waals surface area contributed by atoms with Crippen LogP contribution < -0.4 is 10.0 Å². The average Bonchev–Trinajstić information content (AvgIpc) is 2.74. The van der Waals surface area contributed by atoms with Crippen LogP contribution in [0, 0.1) is 0 Å². The van der Waals surface area contributed by atoms with Crippen LogP contribution in [-0.2, 0) is 14.8 Å². The van der Waals surface area contributed by atoms with Crippen LogP contribution in [0.1, 0.15) is 30.4 Å².